The highest BCUT2D eigenvalue weighted by Gasteiger charge is 2.00. The number of aromatic nitrogens is 2. The molecule has 0 saturated carbocycles. The summed E-state index contributed by atoms with van der Waals surface area (Å²) in [5, 5.41) is 5.63. The van der Waals surface area contributed by atoms with Crippen molar-refractivity contribution in [1.29, 1.82) is 0 Å². The van der Waals surface area contributed by atoms with E-state index in [9.17, 15) is 0 Å². The van der Waals surface area contributed by atoms with Gasteiger partial charge in [0.1, 0.15) is 0 Å². The molecule has 3 heteroatoms. The summed E-state index contributed by atoms with van der Waals surface area (Å²) in [6.07, 6.45) is 6.74. The van der Waals surface area contributed by atoms with Gasteiger partial charge in [0.25, 0.3) is 0 Å². The van der Waals surface area contributed by atoms with Gasteiger partial charge in [0, 0.05) is 11.9 Å². The van der Waals surface area contributed by atoms with Crippen LogP contribution in [0.5, 0.6) is 0 Å². The van der Waals surface area contributed by atoms with Crippen LogP contribution in [0.4, 0.5) is 0 Å². The van der Waals surface area contributed by atoms with Crippen LogP contribution in [0.2, 0.25) is 0 Å². The number of nitrogens with two attached hydrogens (primary N) is 1. The maximum Gasteiger partial charge on any atom is 0.0682 e. The molecule has 16 heavy (non-hydrogen) atoms. The Bertz CT molecular complexity index is 433. The highest BCUT2D eigenvalue weighted by molar-refractivity contribution is 5.78. The Morgan fingerprint density at radius 3 is 2.75 bits per heavy atom. The minimum atomic E-state index is 0.810. The van der Waals surface area contributed by atoms with Gasteiger partial charge < -0.3 is 5.73 Å². The Labute approximate surface area is 96.2 Å². The lowest BCUT2D eigenvalue weighted by molar-refractivity contribution is 0.548. The third-order valence-electron chi connectivity index (χ3n) is 2.88. The van der Waals surface area contributed by atoms with E-state index in [0.29, 0.717) is 0 Å². The lowest BCUT2D eigenvalue weighted by Crippen LogP contribution is -2.01. The third-order valence-corrected chi connectivity index (χ3v) is 2.88. The van der Waals surface area contributed by atoms with Crippen molar-refractivity contribution in [2.45, 2.75) is 32.2 Å². The monoisotopic (exact) mass is 217 g/mol. The first-order valence-corrected chi connectivity index (χ1v) is 6.02. The third kappa shape index (κ3) is 2.61. The predicted octanol–water partition coefficient (Wildman–Crippen LogP) is 2.56. The first-order chi connectivity index (χ1) is 7.92. The zero-order chi connectivity index (χ0) is 11.2. The molecule has 1 heterocycles. The van der Waals surface area contributed by atoms with Crippen LogP contribution in [0.3, 0.4) is 0 Å². The van der Waals surface area contributed by atoms with Crippen molar-refractivity contribution in [2.75, 3.05) is 6.54 Å². The number of hydrogen-bond donors (Lipinski definition) is 1. The molecule has 0 fully saturated rings. The van der Waals surface area contributed by atoms with Crippen molar-refractivity contribution in [3.8, 4) is 0 Å². The quantitative estimate of drug-likeness (QED) is 0.756. The average molecular weight is 217 g/mol. The topological polar surface area (TPSA) is 43.8 Å². The molecule has 2 rings (SSSR count). The van der Waals surface area contributed by atoms with Crippen LogP contribution >= 0.6 is 0 Å². The average Bonchev–Trinajstić information content (AvgIpc) is 2.73. The van der Waals surface area contributed by atoms with Crippen LogP contribution in [0, 0.1) is 0 Å². The maximum atomic E-state index is 5.46. The Balaban J connectivity index is 1.89. The Morgan fingerprint density at radius 2 is 1.88 bits per heavy atom. The Morgan fingerprint density at radius 1 is 1.06 bits per heavy atom. The molecular formula is C13H19N3. The van der Waals surface area contributed by atoms with Gasteiger partial charge in [-0.05, 0) is 25.5 Å². The van der Waals surface area contributed by atoms with Gasteiger partial charge in [-0.2, -0.15) is 5.10 Å². The van der Waals surface area contributed by atoms with Gasteiger partial charge in [-0.25, -0.2) is 0 Å². The zero-order valence-electron chi connectivity index (χ0n) is 9.60. The van der Waals surface area contributed by atoms with Crippen molar-refractivity contribution in [3.05, 3.63) is 30.5 Å². The second kappa shape index (κ2) is 5.66. The van der Waals surface area contributed by atoms with Crippen LogP contribution in [-0.2, 0) is 6.54 Å². The molecule has 0 spiro atoms. The number of rotatable bonds is 6. The van der Waals surface area contributed by atoms with Gasteiger partial charge in [-0.3, -0.25) is 4.68 Å². The fourth-order valence-corrected chi connectivity index (χ4v) is 1.96. The fraction of sp³-hybridized carbons (Fsp3) is 0.462. The van der Waals surface area contributed by atoms with Gasteiger partial charge in [0.05, 0.1) is 11.7 Å². The summed E-state index contributed by atoms with van der Waals surface area (Å²) in [5.41, 5.74) is 6.70. The molecule has 0 aliphatic heterocycles. The molecule has 0 atom stereocenters. The highest BCUT2D eigenvalue weighted by Crippen LogP contribution is 2.13. The van der Waals surface area contributed by atoms with E-state index < -0.39 is 0 Å². The number of aryl methyl sites for hydroxylation is 1. The lowest BCUT2D eigenvalue weighted by atomic mass is 10.2. The molecular weight excluding hydrogens is 198 g/mol. The fourth-order valence-electron chi connectivity index (χ4n) is 1.96. The molecule has 0 saturated heterocycles. The van der Waals surface area contributed by atoms with Crippen molar-refractivity contribution < 1.29 is 0 Å². The molecule has 1 aromatic heterocycles. The van der Waals surface area contributed by atoms with E-state index in [1.807, 2.05) is 6.20 Å². The SMILES string of the molecule is NCCCCCCn1ncc2ccccc21. The van der Waals surface area contributed by atoms with Crippen molar-refractivity contribution in [2.24, 2.45) is 5.73 Å². The summed E-state index contributed by atoms with van der Waals surface area (Å²) in [6.45, 7) is 1.82. The number of benzene rings is 1. The molecule has 1 aromatic carbocycles. The van der Waals surface area contributed by atoms with Gasteiger partial charge in [-0.15, -0.1) is 0 Å². The van der Waals surface area contributed by atoms with Gasteiger partial charge >= 0.3 is 0 Å². The molecule has 0 unspecified atom stereocenters. The number of fused-ring (bicyclic) bond motifs is 1. The molecule has 2 N–H and O–H groups in total. The normalized spacial score (nSPS) is 11.1. The van der Waals surface area contributed by atoms with E-state index in [1.54, 1.807) is 0 Å². The summed E-state index contributed by atoms with van der Waals surface area (Å²) >= 11 is 0. The zero-order valence-corrected chi connectivity index (χ0v) is 9.60. The smallest absolute Gasteiger partial charge is 0.0682 e. The van der Waals surface area contributed by atoms with Gasteiger partial charge in [0.2, 0.25) is 0 Å². The maximum absolute atomic E-state index is 5.46. The first-order valence-electron chi connectivity index (χ1n) is 6.02. The van der Waals surface area contributed by atoms with Crippen LogP contribution in [-0.4, -0.2) is 16.3 Å². The van der Waals surface area contributed by atoms with Gasteiger partial charge in [-0.1, -0.05) is 31.0 Å². The summed E-state index contributed by atoms with van der Waals surface area (Å²) in [5.74, 6) is 0. The van der Waals surface area contributed by atoms with Gasteiger partial charge in [0.15, 0.2) is 0 Å². The van der Waals surface area contributed by atoms with Crippen LogP contribution in [0.25, 0.3) is 10.9 Å². The van der Waals surface area contributed by atoms with Crippen molar-refractivity contribution >= 4 is 10.9 Å². The second-order valence-electron chi connectivity index (χ2n) is 4.13. The van der Waals surface area contributed by atoms with Crippen molar-refractivity contribution in [1.82, 2.24) is 9.78 Å². The summed E-state index contributed by atoms with van der Waals surface area (Å²) < 4.78 is 2.10. The molecule has 0 radical (unpaired) electrons. The Hall–Kier alpha value is -1.35. The molecule has 0 amide bonds. The minimum absolute atomic E-state index is 0.810. The molecule has 3 nitrogen and oxygen atoms in total. The highest BCUT2D eigenvalue weighted by atomic mass is 15.3. The van der Waals surface area contributed by atoms with Crippen LogP contribution < -0.4 is 5.73 Å². The summed E-state index contributed by atoms with van der Waals surface area (Å²) in [7, 11) is 0. The van der Waals surface area contributed by atoms with E-state index in [0.717, 1.165) is 19.5 Å². The molecule has 2 aromatic rings. The minimum Gasteiger partial charge on any atom is -0.330 e. The number of hydrogen-bond acceptors (Lipinski definition) is 2. The van der Waals surface area contributed by atoms with E-state index in [-0.39, 0.29) is 0 Å². The van der Waals surface area contributed by atoms with E-state index in [1.165, 1.54) is 30.2 Å². The lowest BCUT2D eigenvalue weighted by Gasteiger charge is -2.03. The molecule has 0 bridgehead atoms. The predicted molar refractivity (Wildman–Crippen MR) is 67.3 cm³/mol. The summed E-state index contributed by atoms with van der Waals surface area (Å²) in [4.78, 5) is 0. The number of nitrogens with zero attached hydrogens (tertiary/aromatic N) is 2. The summed E-state index contributed by atoms with van der Waals surface area (Å²) in [6, 6.07) is 8.35. The number of unbranched alkanes of at least 4 members (excludes halogenated alkanes) is 3. The van der Waals surface area contributed by atoms with Crippen LogP contribution in [0.1, 0.15) is 25.7 Å². The molecule has 86 valence electrons. The largest absolute Gasteiger partial charge is 0.330 e. The Kier molecular flexibility index (Phi) is 3.94. The van der Waals surface area contributed by atoms with Crippen LogP contribution in [0.15, 0.2) is 30.5 Å². The van der Waals surface area contributed by atoms with Crippen molar-refractivity contribution in [3.63, 3.8) is 0 Å². The molecule has 0 aliphatic carbocycles. The second-order valence-corrected chi connectivity index (χ2v) is 4.13. The van der Waals surface area contributed by atoms with E-state index in [2.05, 4.69) is 34.0 Å². The molecule has 0 aliphatic rings. The first kappa shape index (κ1) is 11.1. The van der Waals surface area contributed by atoms with E-state index in [4.69, 9.17) is 5.73 Å². The van der Waals surface area contributed by atoms with E-state index >= 15 is 0 Å². The standard InChI is InChI=1S/C13H19N3/c14-9-5-1-2-6-10-16-13-8-4-3-7-12(13)11-15-16/h3-4,7-8,11H,1-2,5-6,9-10,14H2. The number of para-hydroxylation sites is 1.